The average Bonchev–Trinajstić information content (AvgIpc) is 3.06. The van der Waals surface area contributed by atoms with Gasteiger partial charge in [-0.15, -0.1) is 0 Å². The van der Waals surface area contributed by atoms with Gasteiger partial charge in [0.25, 0.3) is 11.8 Å². The molecule has 0 aliphatic heterocycles. The number of nitrogens with two attached hydrogens (primary N) is 1. The Bertz CT molecular complexity index is 1320. The lowest BCUT2D eigenvalue weighted by Crippen LogP contribution is -2.27. The molecule has 1 heterocycles. The predicted molar refractivity (Wildman–Crippen MR) is 113 cm³/mol. The number of hydrogen-bond acceptors (Lipinski definition) is 4. The second-order valence-electron chi connectivity index (χ2n) is 7.05. The van der Waals surface area contributed by atoms with Gasteiger partial charge in [-0.05, 0) is 36.8 Å². The van der Waals surface area contributed by atoms with E-state index in [9.17, 15) is 26.8 Å². The minimum atomic E-state index is -4.48. The second kappa shape index (κ2) is 8.71. The fourth-order valence-electron chi connectivity index (χ4n) is 3.25. The summed E-state index contributed by atoms with van der Waals surface area (Å²) in [5.41, 5.74) is 4.73. The maximum atomic E-state index is 14.0. The van der Waals surface area contributed by atoms with Crippen molar-refractivity contribution in [3.8, 4) is 0 Å². The number of sulfone groups is 1. The third kappa shape index (κ3) is 4.37. The van der Waals surface area contributed by atoms with Crippen LogP contribution in [0.5, 0.6) is 0 Å². The molecule has 0 unspecified atom stereocenters. The van der Waals surface area contributed by atoms with Crippen LogP contribution in [0.4, 0.5) is 8.78 Å². The summed E-state index contributed by atoms with van der Waals surface area (Å²) >= 11 is 5.78. The van der Waals surface area contributed by atoms with Crippen LogP contribution < -0.4 is 5.73 Å². The number of benzene rings is 2. The molecular weight excluding hydrogens is 464 g/mol. The summed E-state index contributed by atoms with van der Waals surface area (Å²) in [4.78, 5) is 27.5. The number of hydrogen-bond donors (Lipinski definition) is 2. The largest absolute Gasteiger partial charge is 0.364 e. The summed E-state index contributed by atoms with van der Waals surface area (Å²) in [5, 5.41) is -0.168. The number of rotatable bonds is 6. The van der Waals surface area contributed by atoms with Gasteiger partial charge in [0.15, 0.2) is 0 Å². The van der Waals surface area contributed by atoms with Crippen molar-refractivity contribution >= 4 is 33.3 Å². The minimum Gasteiger partial charge on any atom is -0.364 e. The molecule has 0 atom stereocenters. The van der Waals surface area contributed by atoms with Crippen LogP contribution in [0.2, 0.25) is 5.02 Å². The number of aromatic nitrogens is 1. The van der Waals surface area contributed by atoms with Crippen molar-refractivity contribution in [1.82, 2.24) is 9.88 Å². The van der Waals surface area contributed by atoms with Gasteiger partial charge in [-0.25, -0.2) is 17.2 Å². The monoisotopic (exact) mass is 481 g/mol. The minimum absolute atomic E-state index is 0.0930. The van der Waals surface area contributed by atoms with Crippen LogP contribution >= 0.6 is 11.6 Å². The molecular formula is C21H18ClF2N3O4S. The highest BCUT2D eigenvalue weighted by molar-refractivity contribution is 7.91. The number of primary amides is 1. The van der Waals surface area contributed by atoms with Crippen LogP contribution in [-0.4, -0.2) is 37.2 Å². The van der Waals surface area contributed by atoms with E-state index >= 15 is 0 Å². The summed E-state index contributed by atoms with van der Waals surface area (Å²) in [6, 6.07) is 8.54. The van der Waals surface area contributed by atoms with Crippen LogP contribution in [0.15, 0.2) is 52.3 Å². The number of amides is 2. The Labute approximate surface area is 187 Å². The molecule has 3 aromatic rings. The Morgan fingerprint density at radius 3 is 2.38 bits per heavy atom. The lowest BCUT2D eigenvalue weighted by Gasteiger charge is -2.17. The predicted octanol–water partition coefficient (Wildman–Crippen LogP) is 3.46. The highest BCUT2D eigenvalue weighted by Crippen LogP contribution is 2.31. The molecule has 3 N–H and O–H groups in total. The van der Waals surface area contributed by atoms with Crippen LogP contribution in [-0.2, 0) is 16.4 Å². The molecule has 11 heteroatoms. The van der Waals surface area contributed by atoms with Gasteiger partial charge in [0, 0.05) is 24.2 Å². The molecule has 7 nitrogen and oxygen atoms in total. The maximum absolute atomic E-state index is 14.0. The number of aromatic amines is 1. The lowest BCUT2D eigenvalue weighted by atomic mass is 10.2. The number of nitrogens with zero attached hydrogens (tertiary/aromatic N) is 1. The van der Waals surface area contributed by atoms with E-state index in [4.69, 9.17) is 17.3 Å². The Morgan fingerprint density at radius 2 is 1.78 bits per heavy atom. The van der Waals surface area contributed by atoms with Crippen LogP contribution in [0, 0.1) is 18.6 Å². The third-order valence-electron chi connectivity index (χ3n) is 4.78. The first kappa shape index (κ1) is 23.4. The lowest BCUT2D eigenvalue weighted by molar-refractivity contribution is 0.0778. The van der Waals surface area contributed by atoms with Crippen molar-refractivity contribution in [2.75, 3.05) is 7.05 Å². The molecule has 0 aliphatic rings. The molecule has 3 rings (SSSR count). The highest BCUT2D eigenvalue weighted by Gasteiger charge is 2.33. The van der Waals surface area contributed by atoms with Crippen molar-refractivity contribution in [1.29, 1.82) is 0 Å². The zero-order valence-corrected chi connectivity index (χ0v) is 18.5. The van der Waals surface area contributed by atoms with E-state index in [1.54, 1.807) is 6.07 Å². The molecule has 2 aromatic carbocycles. The SMILES string of the molecule is Cc1c(C(=O)N(C)Cc2ccccc2F)[nH]c(C(N)=O)c1S(=O)(=O)c1cc(F)cc(Cl)c1. The first-order valence-electron chi connectivity index (χ1n) is 9.16. The molecule has 0 saturated heterocycles. The van der Waals surface area contributed by atoms with E-state index in [0.29, 0.717) is 0 Å². The number of H-pyrrole nitrogens is 1. The van der Waals surface area contributed by atoms with Crippen molar-refractivity contribution in [3.63, 3.8) is 0 Å². The normalized spacial score (nSPS) is 11.4. The zero-order chi connectivity index (χ0) is 23.8. The third-order valence-corrected chi connectivity index (χ3v) is 6.90. The fourth-order valence-corrected chi connectivity index (χ4v) is 5.24. The summed E-state index contributed by atoms with van der Waals surface area (Å²) in [6.07, 6.45) is 0. The molecule has 0 fully saturated rings. The van der Waals surface area contributed by atoms with Crippen LogP contribution in [0.25, 0.3) is 0 Å². The number of nitrogens with one attached hydrogen (secondary N) is 1. The quantitative estimate of drug-likeness (QED) is 0.561. The standard InChI is InChI=1S/C21H18ClF2N3O4S/c1-11-17(21(29)27(2)10-12-5-3-4-6-16(12)24)26-18(20(25)28)19(11)32(30,31)15-8-13(22)7-14(23)9-15/h3-9,26H,10H2,1-2H3,(H2,25,28). The summed E-state index contributed by atoms with van der Waals surface area (Å²) in [6.45, 7) is 1.19. The van der Waals surface area contributed by atoms with Crippen LogP contribution in [0.3, 0.4) is 0 Å². The topological polar surface area (TPSA) is 113 Å². The van der Waals surface area contributed by atoms with E-state index in [1.165, 1.54) is 32.2 Å². The maximum Gasteiger partial charge on any atom is 0.270 e. The highest BCUT2D eigenvalue weighted by atomic mass is 35.5. The fraction of sp³-hybridized carbons (Fsp3) is 0.143. The van der Waals surface area contributed by atoms with Crippen molar-refractivity contribution in [2.45, 2.75) is 23.3 Å². The van der Waals surface area contributed by atoms with Gasteiger partial charge in [-0.3, -0.25) is 9.59 Å². The average molecular weight is 482 g/mol. The molecule has 0 aliphatic carbocycles. The second-order valence-corrected chi connectivity index (χ2v) is 9.38. The molecule has 0 saturated carbocycles. The van der Waals surface area contributed by atoms with Crippen LogP contribution in [0.1, 0.15) is 32.1 Å². The number of carbonyl (C=O) groups excluding carboxylic acids is 2. The van der Waals surface area contributed by atoms with Gasteiger partial charge < -0.3 is 15.6 Å². The molecule has 2 amide bonds. The zero-order valence-electron chi connectivity index (χ0n) is 16.9. The van der Waals surface area contributed by atoms with E-state index in [-0.39, 0.29) is 28.4 Å². The Morgan fingerprint density at radius 1 is 1.12 bits per heavy atom. The van der Waals surface area contributed by atoms with E-state index in [0.717, 1.165) is 23.1 Å². The Kier molecular flexibility index (Phi) is 6.38. The molecule has 0 bridgehead atoms. The van der Waals surface area contributed by atoms with Crippen molar-refractivity contribution in [2.24, 2.45) is 5.73 Å². The summed E-state index contributed by atoms with van der Waals surface area (Å²) in [7, 11) is -3.09. The number of carbonyl (C=O) groups is 2. The van der Waals surface area contributed by atoms with E-state index in [1.807, 2.05) is 0 Å². The molecule has 32 heavy (non-hydrogen) atoms. The number of halogens is 3. The molecule has 168 valence electrons. The van der Waals surface area contributed by atoms with Gasteiger partial charge in [0.05, 0.1) is 4.90 Å². The Balaban J connectivity index is 2.09. The Hall–Kier alpha value is -3.24. The van der Waals surface area contributed by atoms with E-state index < -0.39 is 48.8 Å². The molecule has 0 radical (unpaired) electrons. The van der Waals surface area contributed by atoms with E-state index in [2.05, 4.69) is 4.98 Å². The smallest absolute Gasteiger partial charge is 0.270 e. The van der Waals surface area contributed by atoms with Gasteiger partial charge in [0.1, 0.15) is 27.9 Å². The summed E-state index contributed by atoms with van der Waals surface area (Å²) in [5.74, 6) is -3.25. The first-order chi connectivity index (χ1) is 14.9. The van der Waals surface area contributed by atoms with Gasteiger partial charge in [-0.2, -0.15) is 0 Å². The van der Waals surface area contributed by atoms with Gasteiger partial charge in [0.2, 0.25) is 9.84 Å². The van der Waals surface area contributed by atoms with Crippen molar-refractivity contribution < 1.29 is 26.8 Å². The van der Waals surface area contributed by atoms with Gasteiger partial charge in [-0.1, -0.05) is 29.8 Å². The molecule has 0 spiro atoms. The van der Waals surface area contributed by atoms with Gasteiger partial charge >= 0.3 is 0 Å². The first-order valence-corrected chi connectivity index (χ1v) is 11.0. The van der Waals surface area contributed by atoms with Crippen molar-refractivity contribution in [3.05, 3.63) is 81.6 Å². The summed E-state index contributed by atoms with van der Waals surface area (Å²) < 4.78 is 54.1. The molecule has 1 aromatic heterocycles.